The molecular formula is C18H33N3O4S. The Morgan fingerprint density at radius 3 is 2.54 bits per heavy atom. The molecule has 0 bridgehead atoms. The third-order valence-electron chi connectivity index (χ3n) is 4.54. The molecule has 1 aromatic heterocycles. The standard InChI is InChI=1S/C18H33N3O4S/c1-14(2)6-9-26(22,23)18-19-10-17(21(18)7-8-24-5)13-20-11-15(3)25-16(4)12-20/h10,14-16H,6-9,11-13H2,1-5H3/t15-,16+. The highest BCUT2D eigenvalue weighted by Crippen LogP contribution is 2.19. The fourth-order valence-corrected chi connectivity index (χ4v) is 5.03. The van der Waals surface area contributed by atoms with Crippen LogP contribution in [0.4, 0.5) is 0 Å². The van der Waals surface area contributed by atoms with Gasteiger partial charge in [-0.25, -0.2) is 13.4 Å². The molecule has 150 valence electrons. The monoisotopic (exact) mass is 387 g/mol. The molecule has 1 saturated heterocycles. The number of rotatable bonds is 9. The van der Waals surface area contributed by atoms with Gasteiger partial charge in [0, 0.05) is 33.3 Å². The van der Waals surface area contributed by atoms with Crippen molar-refractivity contribution in [2.24, 2.45) is 5.92 Å². The van der Waals surface area contributed by atoms with Gasteiger partial charge in [-0.05, 0) is 26.2 Å². The SMILES string of the molecule is COCCn1c(CN2C[C@@H](C)O[C@@H](C)C2)cnc1S(=O)(=O)CCC(C)C. The van der Waals surface area contributed by atoms with E-state index in [9.17, 15) is 8.42 Å². The number of methoxy groups -OCH3 is 1. The Kier molecular flexibility index (Phi) is 7.63. The zero-order valence-electron chi connectivity index (χ0n) is 16.6. The minimum atomic E-state index is -3.40. The number of ether oxygens (including phenoxy) is 2. The molecular weight excluding hydrogens is 354 g/mol. The van der Waals surface area contributed by atoms with E-state index in [1.165, 1.54) is 0 Å². The van der Waals surface area contributed by atoms with Crippen LogP contribution in [0, 0.1) is 5.92 Å². The first-order valence-electron chi connectivity index (χ1n) is 9.36. The molecule has 0 aliphatic carbocycles. The smallest absolute Gasteiger partial charge is 0.227 e. The summed E-state index contributed by atoms with van der Waals surface area (Å²) in [5.41, 5.74) is 0.909. The average Bonchev–Trinajstić information content (AvgIpc) is 2.93. The van der Waals surface area contributed by atoms with Crippen molar-refractivity contribution in [3.8, 4) is 0 Å². The van der Waals surface area contributed by atoms with Gasteiger partial charge in [-0.3, -0.25) is 4.90 Å². The Balaban J connectivity index is 2.22. The van der Waals surface area contributed by atoms with E-state index in [1.54, 1.807) is 13.3 Å². The molecule has 7 nitrogen and oxygen atoms in total. The van der Waals surface area contributed by atoms with E-state index in [0.717, 1.165) is 18.8 Å². The van der Waals surface area contributed by atoms with Gasteiger partial charge in [0.2, 0.25) is 15.0 Å². The van der Waals surface area contributed by atoms with E-state index in [-0.39, 0.29) is 23.1 Å². The van der Waals surface area contributed by atoms with Gasteiger partial charge in [0.25, 0.3) is 0 Å². The van der Waals surface area contributed by atoms with Crippen LogP contribution >= 0.6 is 0 Å². The molecule has 0 unspecified atom stereocenters. The second kappa shape index (κ2) is 9.30. The van der Waals surface area contributed by atoms with Crippen LogP contribution in [0.25, 0.3) is 0 Å². The van der Waals surface area contributed by atoms with Crippen molar-refractivity contribution in [2.45, 2.75) is 64.6 Å². The minimum absolute atomic E-state index is 0.125. The summed E-state index contributed by atoms with van der Waals surface area (Å²) in [4.78, 5) is 6.58. The number of hydrogen-bond acceptors (Lipinski definition) is 6. The molecule has 0 aromatic carbocycles. The van der Waals surface area contributed by atoms with E-state index in [2.05, 4.69) is 23.7 Å². The summed E-state index contributed by atoms with van der Waals surface area (Å²) >= 11 is 0. The van der Waals surface area contributed by atoms with Crippen LogP contribution in [0.3, 0.4) is 0 Å². The van der Waals surface area contributed by atoms with Crippen LogP contribution in [0.2, 0.25) is 0 Å². The lowest BCUT2D eigenvalue weighted by atomic mass is 10.2. The topological polar surface area (TPSA) is 73.7 Å². The van der Waals surface area contributed by atoms with Gasteiger partial charge in [-0.15, -0.1) is 0 Å². The lowest BCUT2D eigenvalue weighted by molar-refractivity contribution is -0.0710. The third-order valence-corrected chi connectivity index (χ3v) is 6.20. The molecule has 2 rings (SSSR count). The van der Waals surface area contributed by atoms with Gasteiger partial charge in [-0.1, -0.05) is 13.8 Å². The van der Waals surface area contributed by atoms with Crippen molar-refractivity contribution in [3.05, 3.63) is 11.9 Å². The molecule has 0 saturated carbocycles. The van der Waals surface area contributed by atoms with Crippen molar-refractivity contribution in [2.75, 3.05) is 32.6 Å². The van der Waals surface area contributed by atoms with Gasteiger partial charge in [-0.2, -0.15) is 0 Å². The van der Waals surface area contributed by atoms with E-state index in [1.807, 2.05) is 18.4 Å². The van der Waals surface area contributed by atoms with Crippen molar-refractivity contribution < 1.29 is 17.9 Å². The van der Waals surface area contributed by atoms with E-state index < -0.39 is 9.84 Å². The molecule has 1 aromatic rings. The highest BCUT2D eigenvalue weighted by Gasteiger charge is 2.27. The number of hydrogen-bond donors (Lipinski definition) is 0. The summed E-state index contributed by atoms with van der Waals surface area (Å²) in [7, 11) is -1.78. The van der Waals surface area contributed by atoms with Crippen molar-refractivity contribution in [3.63, 3.8) is 0 Å². The largest absolute Gasteiger partial charge is 0.383 e. The summed E-state index contributed by atoms with van der Waals surface area (Å²) in [6.07, 6.45) is 2.67. The normalized spacial score (nSPS) is 22.2. The fraction of sp³-hybridized carbons (Fsp3) is 0.833. The Morgan fingerprint density at radius 1 is 1.31 bits per heavy atom. The quantitative estimate of drug-likeness (QED) is 0.645. The molecule has 1 fully saturated rings. The maximum Gasteiger partial charge on any atom is 0.227 e. The molecule has 2 atom stereocenters. The molecule has 8 heteroatoms. The fourth-order valence-electron chi connectivity index (χ4n) is 3.31. The van der Waals surface area contributed by atoms with Crippen LogP contribution in [0.1, 0.15) is 39.8 Å². The second-order valence-electron chi connectivity index (χ2n) is 7.63. The predicted octanol–water partition coefficient (Wildman–Crippen LogP) is 1.96. The number of nitrogens with zero attached hydrogens (tertiary/aromatic N) is 3. The molecule has 0 spiro atoms. The second-order valence-corrected chi connectivity index (χ2v) is 9.63. The Labute approximate surface area is 157 Å². The van der Waals surface area contributed by atoms with Crippen molar-refractivity contribution in [1.29, 1.82) is 0 Å². The van der Waals surface area contributed by atoms with Crippen molar-refractivity contribution in [1.82, 2.24) is 14.5 Å². The van der Waals surface area contributed by atoms with Gasteiger partial charge in [0.15, 0.2) is 0 Å². The predicted molar refractivity (Wildman–Crippen MR) is 101 cm³/mol. The lowest BCUT2D eigenvalue weighted by Gasteiger charge is -2.35. The van der Waals surface area contributed by atoms with Crippen LogP contribution < -0.4 is 0 Å². The third kappa shape index (κ3) is 5.77. The summed E-state index contributed by atoms with van der Waals surface area (Å²) in [5, 5.41) is 0.166. The Hall–Kier alpha value is -0.960. The van der Waals surface area contributed by atoms with E-state index >= 15 is 0 Å². The van der Waals surface area contributed by atoms with Gasteiger partial charge in [0.1, 0.15) is 0 Å². The van der Waals surface area contributed by atoms with Gasteiger partial charge in [0.05, 0.1) is 36.5 Å². The van der Waals surface area contributed by atoms with Crippen LogP contribution in [0.5, 0.6) is 0 Å². The van der Waals surface area contributed by atoms with Crippen molar-refractivity contribution >= 4 is 9.84 Å². The average molecular weight is 388 g/mol. The zero-order chi connectivity index (χ0) is 19.3. The summed E-state index contributed by atoms with van der Waals surface area (Å²) in [6, 6.07) is 0. The first kappa shape index (κ1) is 21.3. The van der Waals surface area contributed by atoms with Crippen LogP contribution in [-0.4, -0.2) is 67.6 Å². The number of morpholine rings is 1. The molecule has 2 heterocycles. The summed E-state index contributed by atoms with van der Waals surface area (Å²) in [6.45, 7) is 11.4. The van der Waals surface area contributed by atoms with Gasteiger partial charge >= 0.3 is 0 Å². The van der Waals surface area contributed by atoms with E-state index in [4.69, 9.17) is 9.47 Å². The summed E-state index contributed by atoms with van der Waals surface area (Å²) in [5.74, 6) is 0.461. The van der Waals surface area contributed by atoms with Crippen LogP contribution in [-0.2, 0) is 32.4 Å². The lowest BCUT2D eigenvalue weighted by Crippen LogP contribution is -2.45. The first-order valence-corrected chi connectivity index (χ1v) is 11.0. The maximum absolute atomic E-state index is 12.8. The maximum atomic E-state index is 12.8. The number of aromatic nitrogens is 2. The summed E-state index contributed by atoms with van der Waals surface area (Å²) < 4.78 is 38.3. The zero-order valence-corrected chi connectivity index (χ0v) is 17.5. The molecule has 0 radical (unpaired) electrons. The highest BCUT2D eigenvalue weighted by atomic mass is 32.2. The molecule has 1 aliphatic heterocycles. The number of sulfone groups is 1. The number of imidazole rings is 1. The molecule has 1 aliphatic rings. The molecule has 0 amide bonds. The highest BCUT2D eigenvalue weighted by molar-refractivity contribution is 7.91. The van der Waals surface area contributed by atoms with E-state index in [0.29, 0.717) is 32.0 Å². The minimum Gasteiger partial charge on any atom is -0.383 e. The van der Waals surface area contributed by atoms with Gasteiger partial charge < -0.3 is 14.0 Å². The Bertz CT molecular complexity index is 662. The first-order chi connectivity index (χ1) is 12.2. The molecule has 0 N–H and O–H groups in total. The molecule has 26 heavy (non-hydrogen) atoms. The van der Waals surface area contributed by atoms with Crippen LogP contribution in [0.15, 0.2) is 11.4 Å². The Morgan fingerprint density at radius 2 is 1.96 bits per heavy atom.